The molecule has 0 saturated carbocycles. The van der Waals surface area contributed by atoms with Crippen molar-refractivity contribution in [1.82, 2.24) is 4.90 Å². The molecule has 1 rings (SSSR count). The number of benzene rings is 1. The molecule has 0 N–H and O–H groups in total. The van der Waals surface area contributed by atoms with Crippen LogP contribution in [0.15, 0.2) is 30.3 Å². The Morgan fingerprint density at radius 2 is 1.75 bits per heavy atom. The van der Waals surface area contributed by atoms with Gasteiger partial charge in [-0.2, -0.15) is 0 Å². The fraction of sp³-hybridized carbons (Fsp3) is 0.500. The van der Waals surface area contributed by atoms with Crippen LogP contribution in [-0.4, -0.2) is 17.9 Å². The summed E-state index contributed by atoms with van der Waals surface area (Å²) in [6.45, 7) is 6.94. The van der Waals surface area contributed by atoms with Crippen LogP contribution in [-0.2, 0) is 11.3 Å². The summed E-state index contributed by atoms with van der Waals surface area (Å²) in [6, 6.07) is 10.1. The summed E-state index contributed by atoms with van der Waals surface area (Å²) in [7, 11) is 1.86. The third-order valence-corrected chi connectivity index (χ3v) is 2.37. The molecule has 0 aliphatic carbocycles. The SMILES string of the molecule is CN(Cc1ccccc1)C(=O)CC(C)(C)C. The normalized spacial score (nSPS) is 11.2. The maximum Gasteiger partial charge on any atom is 0.223 e. The van der Waals surface area contributed by atoms with Crippen molar-refractivity contribution in [1.29, 1.82) is 0 Å². The van der Waals surface area contributed by atoms with E-state index < -0.39 is 0 Å². The lowest BCUT2D eigenvalue weighted by Gasteiger charge is -2.23. The predicted octanol–water partition coefficient (Wildman–Crippen LogP) is 3.08. The molecule has 0 saturated heterocycles. The molecule has 0 aliphatic rings. The maximum absolute atomic E-state index is 11.9. The van der Waals surface area contributed by atoms with Crippen LogP contribution in [0, 0.1) is 5.41 Å². The zero-order valence-corrected chi connectivity index (χ0v) is 10.7. The zero-order valence-electron chi connectivity index (χ0n) is 10.7. The van der Waals surface area contributed by atoms with Crippen molar-refractivity contribution in [3.63, 3.8) is 0 Å². The fourth-order valence-corrected chi connectivity index (χ4v) is 1.53. The first-order valence-corrected chi connectivity index (χ1v) is 5.66. The van der Waals surface area contributed by atoms with Crippen molar-refractivity contribution in [2.75, 3.05) is 7.05 Å². The van der Waals surface area contributed by atoms with Crippen LogP contribution in [0.1, 0.15) is 32.8 Å². The molecule has 1 amide bonds. The maximum atomic E-state index is 11.9. The summed E-state index contributed by atoms with van der Waals surface area (Å²) >= 11 is 0. The van der Waals surface area contributed by atoms with Crippen molar-refractivity contribution in [2.24, 2.45) is 5.41 Å². The van der Waals surface area contributed by atoms with Gasteiger partial charge < -0.3 is 4.90 Å². The summed E-state index contributed by atoms with van der Waals surface area (Å²) in [5.41, 5.74) is 1.23. The Morgan fingerprint density at radius 1 is 1.19 bits per heavy atom. The highest BCUT2D eigenvalue weighted by molar-refractivity contribution is 5.76. The van der Waals surface area contributed by atoms with Gasteiger partial charge in [0.25, 0.3) is 0 Å². The van der Waals surface area contributed by atoms with Gasteiger partial charge in [-0.25, -0.2) is 0 Å². The van der Waals surface area contributed by atoms with Gasteiger partial charge in [-0.3, -0.25) is 4.79 Å². The smallest absolute Gasteiger partial charge is 0.223 e. The quantitative estimate of drug-likeness (QED) is 0.765. The number of hydrogen-bond acceptors (Lipinski definition) is 1. The second kappa shape index (κ2) is 5.15. The molecule has 2 heteroatoms. The monoisotopic (exact) mass is 219 g/mol. The Bertz CT molecular complexity index is 338. The van der Waals surface area contributed by atoms with E-state index in [1.165, 1.54) is 5.56 Å². The molecule has 0 bridgehead atoms. The topological polar surface area (TPSA) is 20.3 Å². The Labute approximate surface area is 98.3 Å². The molecule has 16 heavy (non-hydrogen) atoms. The second-order valence-electron chi connectivity index (χ2n) is 5.47. The molecule has 1 aromatic carbocycles. The lowest BCUT2D eigenvalue weighted by atomic mass is 9.91. The highest BCUT2D eigenvalue weighted by Crippen LogP contribution is 2.19. The standard InChI is InChI=1S/C14H21NO/c1-14(2,3)10-13(16)15(4)11-12-8-6-5-7-9-12/h5-9H,10-11H2,1-4H3. The van der Waals surface area contributed by atoms with Crippen LogP contribution in [0.4, 0.5) is 0 Å². The first-order valence-electron chi connectivity index (χ1n) is 5.66. The molecule has 1 aromatic rings. The summed E-state index contributed by atoms with van der Waals surface area (Å²) in [6.07, 6.45) is 0.594. The van der Waals surface area contributed by atoms with Gasteiger partial charge in [0.1, 0.15) is 0 Å². The van der Waals surface area contributed by atoms with Crippen molar-refractivity contribution in [3.8, 4) is 0 Å². The van der Waals surface area contributed by atoms with Crippen LogP contribution < -0.4 is 0 Å². The molecule has 88 valence electrons. The van der Waals surface area contributed by atoms with Crippen LogP contribution in [0.2, 0.25) is 0 Å². The second-order valence-corrected chi connectivity index (χ2v) is 5.47. The third-order valence-electron chi connectivity index (χ3n) is 2.37. The summed E-state index contributed by atoms with van der Waals surface area (Å²) in [5.74, 6) is 0.205. The van der Waals surface area contributed by atoms with Gasteiger partial charge in [-0.05, 0) is 11.0 Å². The average Bonchev–Trinajstić information content (AvgIpc) is 2.16. The van der Waals surface area contributed by atoms with Gasteiger partial charge in [-0.1, -0.05) is 51.1 Å². The lowest BCUT2D eigenvalue weighted by molar-refractivity contribution is -0.132. The van der Waals surface area contributed by atoms with Crippen LogP contribution in [0.5, 0.6) is 0 Å². The number of carbonyl (C=O) groups excluding carboxylic acids is 1. The van der Waals surface area contributed by atoms with E-state index in [1.807, 2.05) is 37.4 Å². The van der Waals surface area contributed by atoms with E-state index >= 15 is 0 Å². The number of amides is 1. The van der Waals surface area contributed by atoms with E-state index in [1.54, 1.807) is 4.90 Å². The Morgan fingerprint density at radius 3 is 2.25 bits per heavy atom. The molecular formula is C14H21NO. The van der Waals surface area contributed by atoms with E-state index in [4.69, 9.17) is 0 Å². The first kappa shape index (κ1) is 12.8. The van der Waals surface area contributed by atoms with Crippen molar-refractivity contribution in [3.05, 3.63) is 35.9 Å². The Kier molecular flexibility index (Phi) is 4.11. The van der Waals surface area contributed by atoms with E-state index in [0.29, 0.717) is 13.0 Å². The van der Waals surface area contributed by atoms with Gasteiger partial charge in [0.15, 0.2) is 0 Å². The number of carbonyl (C=O) groups is 1. The largest absolute Gasteiger partial charge is 0.341 e. The van der Waals surface area contributed by atoms with Gasteiger partial charge >= 0.3 is 0 Å². The molecule has 0 aromatic heterocycles. The molecule has 0 spiro atoms. The number of rotatable bonds is 3. The highest BCUT2D eigenvalue weighted by atomic mass is 16.2. The zero-order chi connectivity index (χ0) is 12.2. The summed E-state index contributed by atoms with van der Waals surface area (Å²) in [5, 5.41) is 0. The van der Waals surface area contributed by atoms with Crippen LogP contribution in [0.25, 0.3) is 0 Å². The molecular weight excluding hydrogens is 198 g/mol. The van der Waals surface area contributed by atoms with E-state index in [9.17, 15) is 4.79 Å². The number of nitrogens with zero attached hydrogens (tertiary/aromatic N) is 1. The minimum absolute atomic E-state index is 0.0576. The van der Waals surface area contributed by atoms with E-state index in [-0.39, 0.29) is 11.3 Å². The minimum atomic E-state index is 0.0576. The Balaban J connectivity index is 2.53. The average molecular weight is 219 g/mol. The third kappa shape index (κ3) is 4.47. The van der Waals surface area contributed by atoms with Crippen molar-refractivity contribution < 1.29 is 4.79 Å². The van der Waals surface area contributed by atoms with Gasteiger partial charge in [-0.15, -0.1) is 0 Å². The molecule has 0 radical (unpaired) electrons. The molecule has 2 nitrogen and oxygen atoms in total. The highest BCUT2D eigenvalue weighted by Gasteiger charge is 2.18. The fourth-order valence-electron chi connectivity index (χ4n) is 1.53. The van der Waals surface area contributed by atoms with Crippen LogP contribution >= 0.6 is 0 Å². The lowest BCUT2D eigenvalue weighted by Crippen LogP contribution is -2.29. The molecule has 0 unspecified atom stereocenters. The van der Waals surface area contributed by atoms with E-state index in [0.717, 1.165) is 0 Å². The van der Waals surface area contributed by atoms with Crippen molar-refractivity contribution in [2.45, 2.75) is 33.7 Å². The summed E-state index contributed by atoms with van der Waals surface area (Å²) < 4.78 is 0. The molecule has 0 fully saturated rings. The predicted molar refractivity (Wildman–Crippen MR) is 67.0 cm³/mol. The van der Waals surface area contributed by atoms with Crippen LogP contribution in [0.3, 0.4) is 0 Å². The number of hydrogen-bond donors (Lipinski definition) is 0. The Hall–Kier alpha value is -1.31. The molecule has 0 aliphatic heterocycles. The molecule has 0 heterocycles. The van der Waals surface area contributed by atoms with Gasteiger partial charge in [0.2, 0.25) is 5.91 Å². The molecule has 0 atom stereocenters. The van der Waals surface area contributed by atoms with E-state index in [2.05, 4.69) is 20.8 Å². The van der Waals surface area contributed by atoms with Crippen molar-refractivity contribution >= 4 is 5.91 Å². The van der Waals surface area contributed by atoms with Gasteiger partial charge in [0.05, 0.1) is 0 Å². The van der Waals surface area contributed by atoms with Gasteiger partial charge in [0, 0.05) is 20.0 Å². The first-order chi connectivity index (χ1) is 7.38. The minimum Gasteiger partial charge on any atom is -0.341 e. The summed E-state index contributed by atoms with van der Waals surface area (Å²) in [4.78, 5) is 13.7.